The molecule has 3 aromatic heterocycles. The zero-order chi connectivity index (χ0) is 16.5. The SMILES string of the molecule is NCCCn1cnc2cc(C(=O)Nc3cn4ccsc4n3)ccc21. The average molecular weight is 340 g/mol. The zero-order valence-corrected chi connectivity index (χ0v) is 13.7. The number of benzene rings is 1. The van der Waals surface area contributed by atoms with E-state index in [-0.39, 0.29) is 5.91 Å². The predicted molar refractivity (Wildman–Crippen MR) is 94.4 cm³/mol. The molecule has 0 saturated heterocycles. The zero-order valence-electron chi connectivity index (χ0n) is 12.8. The van der Waals surface area contributed by atoms with Crippen molar-refractivity contribution in [1.82, 2.24) is 18.9 Å². The number of carbonyl (C=O) groups is 1. The van der Waals surface area contributed by atoms with Crippen LogP contribution in [0.1, 0.15) is 16.8 Å². The molecule has 0 radical (unpaired) electrons. The second kappa shape index (κ2) is 6.06. The van der Waals surface area contributed by atoms with Crippen molar-refractivity contribution in [3.8, 4) is 0 Å². The van der Waals surface area contributed by atoms with E-state index in [1.54, 1.807) is 24.7 Å². The maximum absolute atomic E-state index is 12.4. The Morgan fingerprint density at radius 3 is 3.12 bits per heavy atom. The van der Waals surface area contributed by atoms with Gasteiger partial charge >= 0.3 is 0 Å². The molecule has 0 aliphatic rings. The van der Waals surface area contributed by atoms with Gasteiger partial charge in [0.25, 0.3) is 5.91 Å². The number of thiazole rings is 1. The number of aryl methyl sites for hydroxylation is 1. The fourth-order valence-corrected chi connectivity index (χ4v) is 3.32. The summed E-state index contributed by atoms with van der Waals surface area (Å²) in [7, 11) is 0. The molecule has 3 heterocycles. The van der Waals surface area contributed by atoms with Crippen LogP contribution in [0.5, 0.6) is 0 Å². The first-order valence-corrected chi connectivity index (χ1v) is 8.51. The van der Waals surface area contributed by atoms with Crippen LogP contribution in [0.3, 0.4) is 0 Å². The Morgan fingerprint density at radius 2 is 2.29 bits per heavy atom. The topological polar surface area (TPSA) is 90.2 Å². The van der Waals surface area contributed by atoms with Crippen LogP contribution in [-0.4, -0.2) is 31.4 Å². The van der Waals surface area contributed by atoms with Crippen LogP contribution >= 0.6 is 11.3 Å². The van der Waals surface area contributed by atoms with E-state index in [0.29, 0.717) is 17.9 Å². The summed E-state index contributed by atoms with van der Waals surface area (Å²) in [5.41, 5.74) is 7.91. The van der Waals surface area contributed by atoms with E-state index >= 15 is 0 Å². The number of hydrogen-bond acceptors (Lipinski definition) is 5. The molecular formula is C16H16N6OS. The van der Waals surface area contributed by atoms with E-state index in [9.17, 15) is 4.79 Å². The molecule has 1 aromatic carbocycles. The largest absolute Gasteiger partial charge is 0.331 e. The van der Waals surface area contributed by atoms with Gasteiger partial charge in [-0.1, -0.05) is 0 Å². The van der Waals surface area contributed by atoms with Crippen molar-refractivity contribution in [2.75, 3.05) is 11.9 Å². The number of hydrogen-bond donors (Lipinski definition) is 2. The quantitative estimate of drug-likeness (QED) is 0.583. The van der Waals surface area contributed by atoms with Crippen LogP contribution in [-0.2, 0) is 6.54 Å². The van der Waals surface area contributed by atoms with E-state index in [2.05, 4.69) is 15.3 Å². The van der Waals surface area contributed by atoms with Crippen LogP contribution in [0.4, 0.5) is 5.82 Å². The Hall–Kier alpha value is -2.71. The average Bonchev–Trinajstić information content (AvgIpc) is 3.26. The number of imidazole rings is 2. The maximum atomic E-state index is 12.4. The van der Waals surface area contributed by atoms with E-state index in [4.69, 9.17) is 5.73 Å². The number of aromatic nitrogens is 4. The summed E-state index contributed by atoms with van der Waals surface area (Å²) >= 11 is 1.52. The number of amides is 1. The standard InChI is InChI=1S/C16H16N6OS/c17-4-1-5-22-10-18-12-8-11(2-3-13(12)22)15(23)19-14-9-21-6-7-24-16(21)20-14/h2-3,6-10H,1,4-5,17H2,(H,19,23). The first-order chi connectivity index (χ1) is 11.7. The molecule has 0 fully saturated rings. The molecular weight excluding hydrogens is 324 g/mol. The van der Waals surface area contributed by atoms with Gasteiger partial charge in [0.1, 0.15) is 0 Å². The van der Waals surface area contributed by atoms with Gasteiger partial charge in [-0.05, 0) is 31.2 Å². The first kappa shape index (κ1) is 14.9. The molecule has 7 nitrogen and oxygen atoms in total. The van der Waals surface area contributed by atoms with Gasteiger partial charge in [0.15, 0.2) is 10.8 Å². The van der Waals surface area contributed by atoms with Crippen LogP contribution < -0.4 is 11.1 Å². The highest BCUT2D eigenvalue weighted by atomic mass is 32.1. The lowest BCUT2D eigenvalue weighted by atomic mass is 10.2. The molecule has 0 spiro atoms. The number of fused-ring (bicyclic) bond motifs is 2. The molecule has 0 bridgehead atoms. The van der Waals surface area contributed by atoms with Gasteiger partial charge in [-0.25, -0.2) is 9.97 Å². The van der Waals surface area contributed by atoms with Crippen molar-refractivity contribution in [2.24, 2.45) is 5.73 Å². The molecule has 122 valence electrons. The molecule has 3 N–H and O–H groups in total. The number of nitrogens with one attached hydrogen (secondary N) is 1. The highest BCUT2D eigenvalue weighted by Gasteiger charge is 2.11. The Kier molecular flexibility index (Phi) is 3.75. The van der Waals surface area contributed by atoms with Gasteiger partial charge in [-0.15, -0.1) is 11.3 Å². The second-order valence-corrected chi connectivity index (χ2v) is 6.33. The van der Waals surface area contributed by atoms with Crippen molar-refractivity contribution in [1.29, 1.82) is 0 Å². The number of nitrogens with two attached hydrogens (primary N) is 1. The molecule has 8 heteroatoms. The van der Waals surface area contributed by atoms with Gasteiger partial charge in [0.05, 0.1) is 23.6 Å². The first-order valence-electron chi connectivity index (χ1n) is 7.63. The predicted octanol–water partition coefficient (Wildman–Crippen LogP) is 2.35. The Morgan fingerprint density at radius 1 is 1.38 bits per heavy atom. The molecule has 4 rings (SSSR count). The van der Waals surface area contributed by atoms with Crippen molar-refractivity contribution in [3.63, 3.8) is 0 Å². The molecule has 24 heavy (non-hydrogen) atoms. The van der Waals surface area contributed by atoms with Crippen molar-refractivity contribution >= 4 is 39.1 Å². The summed E-state index contributed by atoms with van der Waals surface area (Å²) in [5, 5.41) is 4.77. The monoisotopic (exact) mass is 340 g/mol. The molecule has 1 amide bonds. The van der Waals surface area contributed by atoms with E-state index < -0.39 is 0 Å². The number of carbonyl (C=O) groups excluding carboxylic acids is 1. The minimum Gasteiger partial charge on any atom is -0.331 e. The molecule has 0 aliphatic carbocycles. The third-order valence-corrected chi connectivity index (χ3v) is 4.59. The number of nitrogens with zero attached hydrogens (tertiary/aromatic N) is 4. The maximum Gasteiger partial charge on any atom is 0.256 e. The van der Waals surface area contributed by atoms with Gasteiger partial charge < -0.3 is 15.6 Å². The highest BCUT2D eigenvalue weighted by Crippen LogP contribution is 2.18. The summed E-state index contributed by atoms with van der Waals surface area (Å²) in [6, 6.07) is 5.51. The van der Waals surface area contributed by atoms with E-state index in [1.807, 2.05) is 26.6 Å². The number of rotatable bonds is 5. The lowest BCUT2D eigenvalue weighted by Gasteiger charge is -2.04. The summed E-state index contributed by atoms with van der Waals surface area (Å²) < 4.78 is 3.93. The van der Waals surface area contributed by atoms with Gasteiger partial charge in [-0.2, -0.15) is 0 Å². The third-order valence-electron chi connectivity index (χ3n) is 3.82. The van der Waals surface area contributed by atoms with Crippen LogP contribution in [0, 0.1) is 0 Å². The molecule has 4 aromatic rings. The lowest BCUT2D eigenvalue weighted by molar-refractivity contribution is 0.102. The fraction of sp³-hybridized carbons (Fsp3) is 0.188. The van der Waals surface area contributed by atoms with Crippen molar-refractivity contribution < 1.29 is 4.79 Å². The smallest absolute Gasteiger partial charge is 0.256 e. The van der Waals surface area contributed by atoms with Gasteiger partial charge in [-0.3, -0.25) is 9.20 Å². The minimum atomic E-state index is -0.195. The summed E-state index contributed by atoms with van der Waals surface area (Å²) in [6.07, 6.45) is 6.38. The van der Waals surface area contributed by atoms with Crippen LogP contribution in [0.2, 0.25) is 0 Å². The second-order valence-electron chi connectivity index (χ2n) is 5.46. The van der Waals surface area contributed by atoms with Crippen LogP contribution in [0.25, 0.3) is 16.0 Å². The fourth-order valence-electron chi connectivity index (χ4n) is 2.62. The number of anilines is 1. The van der Waals surface area contributed by atoms with Crippen molar-refractivity contribution in [3.05, 3.63) is 47.9 Å². The molecule has 0 saturated carbocycles. The Balaban J connectivity index is 1.56. The van der Waals surface area contributed by atoms with E-state index in [0.717, 1.165) is 29.0 Å². The molecule has 0 unspecified atom stereocenters. The summed E-state index contributed by atoms with van der Waals surface area (Å²) in [4.78, 5) is 22.0. The van der Waals surface area contributed by atoms with Gasteiger partial charge in [0.2, 0.25) is 0 Å². The van der Waals surface area contributed by atoms with Crippen LogP contribution in [0.15, 0.2) is 42.3 Å². The molecule has 0 aliphatic heterocycles. The normalized spacial score (nSPS) is 11.4. The van der Waals surface area contributed by atoms with E-state index in [1.165, 1.54) is 11.3 Å². The molecule has 0 atom stereocenters. The highest BCUT2D eigenvalue weighted by molar-refractivity contribution is 7.15. The third kappa shape index (κ3) is 2.66. The lowest BCUT2D eigenvalue weighted by Crippen LogP contribution is -2.12. The minimum absolute atomic E-state index is 0.195. The Labute approximate surface area is 141 Å². The summed E-state index contributed by atoms with van der Waals surface area (Å²) in [6.45, 7) is 1.46. The van der Waals surface area contributed by atoms with Gasteiger partial charge in [0, 0.05) is 23.7 Å². The van der Waals surface area contributed by atoms with Crippen molar-refractivity contribution in [2.45, 2.75) is 13.0 Å². The summed E-state index contributed by atoms with van der Waals surface area (Å²) in [5.74, 6) is 0.347. The Bertz CT molecular complexity index is 986.